The largest absolute Gasteiger partial charge is 0.380 e. The zero-order valence-electron chi connectivity index (χ0n) is 10.5. The van der Waals surface area contributed by atoms with Crippen LogP contribution in [0.2, 0.25) is 0 Å². The standard InChI is InChI=1S/C10H18N4O3S/c1-3-17-8-7-14(2)18(15,16)9-5-4-6-12-10(9)13-11/h4-6H,3,7-8,11H2,1-2H3,(H,12,13). The minimum atomic E-state index is -3.61. The van der Waals surface area contributed by atoms with E-state index in [1.54, 1.807) is 6.07 Å². The maximum Gasteiger partial charge on any atom is 0.246 e. The van der Waals surface area contributed by atoms with Crippen molar-refractivity contribution in [2.24, 2.45) is 5.84 Å². The number of nitrogens with zero attached hydrogens (tertiary/aromatic N) is 2. The lowest BCUT2D eigenvalue weighted by atomic mass is 10.5. The van der Waals surface area contributed by atoms with Gasteiger partial charge in [0.05, 0.1) is 6.61 Å². The van der Waals surface area contributed by atoms with Crippen molar-refractivity contribution in [1.29, 1.82) is 0 Å². The molecule has 8 heteroatoms. The fraction of sp³-hybridized carbons (Fsp3) is 0.500. The van der Waals surface area contributed by atoms with Gasteiger partial charge in [0, 0.05) is 26.4 Å². The van der Waals surface area contributed by atoms with Crippen molar-refractivity contribution >= 4 is 15.8 Å². The average molecular weight is 274 g/mol. The van der Waals surface area contributed by atoms with Crippen molar-refractivity contribution in [3.05, 3.63) is 18.3 Å². The van der Waals surface area contributed by atoms with Crippen molar-refractivity contribution in [3.63, 3.8) is 0 Å². The highest BCUT2D eigenvalue weighted by molar-refractivity contribution is 7.89. The molecule has 1 rings (SSSR count). The topological polar surface area (TPSA) is 97.5 Å². The Morgan fingerprint density at radius 3 is 2.89 bits per heavy atom. The van der Waals surface area contributed by atoms with Gasteiger partial charge in [-0.2, -0.15) is 4.31 Å². The van der Waals surface area contributed by atoms with E-state index in [2.05, 4.69) is 10.4 Å². The minimum absolute atomic E-state index is 0.0477. The monoisotopic (exact) mass is 274 g/mol. The Bertz CT molecular complexity index is 478. The Hall–Kier alpha value is -1.22. The maximum absolute atomic E-state index is 12.2. The van der Waals surface area contributed by atoms with Gasteiger partial charge in [-0.3, -0.25) is 0 Å². The first-order valence-corrected chi connectivity index (χ1v) is 6.93. The van der Waals surface area contributed by atoms with Gasteiger partial charge in [-0.15, -0.1) is 0 Å². The molecule has 0 saturated carbocycles. The van der Waals surface area contributed by atoms with Gasteiger partial charge in [-0.1, -0.05) is 0 Å². The lowest BCUT2D eigenvalue weighted by Gasteiger charge is -2.18. The van der Waals surface area contributed by atoms with Crippen molar-refractivity contribution in [2.45, 2.75) is 11.8 Å². The number of hydrogen-bond acceptors (Lipinski definition) is 6. The number of aromatic nitrogens is 1. The van der Waals surface area contributed by atoms with Gasteiger partial charge in [-0.05, 0) is 19.1 Å². The Balaban J connectivity index is 2.91. The van der Waals surface area contributed by atoms with Gasteiger partial charge < -0.3 is 10.2 Å². The highest BCUT2D eigenvalue weighted by Gasteiger charge is 2.24. The second-order valence-corrected chi connectivity index (χ2v) is 5.53. The molecular formula is C10H18N4O3S. The van der Waals surface area contributed by atoms with Gasteiger partial charge in [0.15, 0.2) is 5.82 Å². The third-order valence-electron chi connectivity index (χ3n) is 2.35. The van der Waals surface area contributed by atoms with E-state index in [-0.39, 0.29) is 17.3 Å². The van der Waals surface area contributed by atoms with Crippen molar-refractivity contribution in [3.8, 4) is 0 Å². The number of anilines is 1. The van der Waals surface area contributed by atoms with Crippen LogP contribution in [0.4, 0.5) is 5.82 Å². The molecule has 0 aromatic carbocycles. The van der Waals surface area contributed by atoms with Crippen LogP contribution < -0.4 is 11.3 Å². The number of hydrazine groups is 1. The second-order valence-electron chi connectivity index (χ2n) is 3.52. The number of rotatable bonds is 7. The number of sulfonamides is 1. The van der Waals surface area contributed by atoms with E-state index < -0.39 is 10.0 Å². The van der Waals surface area contributed by atoms with Crippen LogP contribution in [-0.2, 0) is 14.8 Å². The van der Waals surface area contributed by atoms with E-state index in [1.807, 2.05) is 6.92 Å². The van der Waals surface area contributed by atoms with E-state index >= 15 is 0 Å². The Labute approximate surface area is 107 Å². The van der Waals surface area contributed by atoms with E-state index in [1.165, 1.54) is 23.6 Å². The predicted octanol–water partition coefficient (Wildman–Crippen LogP) is 0.0242. The van der Waals surface area contributed by atoms with Crippen molar-refractivity contribution in [2.75, 3.05) is 32.2 Å². The van der Waals surface area contributed by atoms with Gasteiger partial charge >= 0.3 is 0 Å². The van der Waals surface area contributed by atoms with E-state index in [9.17, 15) is 8.42 Å². The molecule has 1 heterocycles. The van der Waals surface area contributed by atoms with Crippen LogP contribution >= 0.6 is 0 Å². The van der Waals surface area contributed by atoms with Crippen LogP contribution in [0.3, 0.4) is 0 Å². The maximum atomic E-state index is 12.2. The molecule has 18 heavy (non-hydrogen) atoms. The summed E-state index contributed by atoms with van der Waals surface area (Å²) in [7, 11) is -2.13. The van der Waals surface area contributed by atoms with Gasteiger partial charge in [0.2, 0.25) is 10.0 Å². The summed E-state index contributed by atoms with van der Waals surface area (Å²) in [6, 6.07) is 3.00. The highest BCUT2D eigenvalue weighted by Crippen LogP contribution is 2.20. The molecule has 0 fully saturated rings. The molecule has 0 saturated heterocycles. The molecule has 0 unspecified atom stereocenters. The molecule has 0 aliphatic rings. The third kappa shape index (κ3) is 3.39. The summed E-state index contributed by atoms with van der Waals surface area (Å²) in [6.07, 6.45) is 1.47. The molecule has 102 valence electrons. The number of nitrogen functional groups attached to an aromatic ring is 1. The Kier molecular flexibility index (Phi) is 5.48. The number of pyridine rings is 1. The molecule has 0 atom stereocenters. The van der Waals surface area contributed by atoms with Crippen molar-refractivity contribution in [1.82, 2.24) is 9.29 Å². The summed E-state index contributed by atoms with van der Waals surface area (Å²) in [5.74, 6) is 5.37. The molecule has 1 aromatic heterocycles. The number of likely N-dealkylation sites (N-methyl/N-ethyl adjacent to an activating group) is 1. The first-order valence-electron chi connectivity index (χ1n) is 5.49. The van der Waals surface area contributed by atoms with Gasteiger partial charge in [0.1, 0.15) is 4.90 Å². The first-order chi connectivity index (χ1) is 8.54. The van der Waals surface area contributed by atoms with Crippen LogP contribution in [0.1, 0.15) is 6.92 Å². The average Bonchev–Trinajstić information content (AvgIpc) is 2.38. The normalized spacial score (nSPS) is 11.8. The molecule has 0 amide bonds. The highest BCUT2D eigenvalue weighted by atomic mass is 32.2. The Morgan fingerprint density at radius 1 is 1.56 bits per heavy atom. The Morgan fingerprint density at radius 2 is 2.28 bits per heavy atom. The lowest BCUT2D eigenvalue weighted by Crippen LogP contribution is -2.31. The van der Waals surface area contributed by atoms with Crippen LogP contribution in [0, 0.1) is 0 Å². The SMILES string of the molecule is CCOCCN(C)S(=O)(=O)c1cccnc1NN. The summed E-state index contributed by atoms with van der Waals surface area (Å²) >= 11 is 0. The predicted molar refractivity (Wildman–Crippen MR) is 68.4 cm³/mol. The van der Waals surface area contributed by atoms with Crippen LogP contribution in [0.5, 0.6) is 0 Å². The summed E-state index contributed by atoms with van der Waals surface area (Å²) in [6.45, 7) is 3.02. The molecule has 0 bridgehead atoms. The number of nitrogens with two attached hydrogens (primary N) is 1. The van der Waals surface area contributed by atoms with Crippen molar-refractivity contribution < 1.29 is 13.2 Å². The molecule has 3 N–H and O–H groups in total. The fourth-order valence-electron chi connectivity index (χ4n) is 1.33. The molecule has 1 aromatic rings. The zero-order chi connectivity index (χ0) is 13.6. The summed E-state index contributed by atoms with van der Waals surface area (Å²) in [5, 5.41) is 0. The number of hydrogen-bond donors (Lipinski definition) is 2. The zero-order valence-corrected chi connectivity index (χ0v) is 11.3. The van der Waals surface area contributed by atoms with E-state index in [0.29, 0.717) is 13.2 Å². The van der Waals surface area contributed by atoms with Crippen LogP contribution in [-0.4, -0.2) is 44.5 Å². The number of ether oxygens (including phenoxy) is 1. The summed E-state index contributed by atoms with van der Waals surface area (Å²) in [4.78, 5) is 3.92. The molecule has 0 radical (unpaired) electrons. The molecular weight excluding hydrogens is 256 g/mol. The van der Waals surface area contributed by atoms with Crippen LogP contribution in [0.25, 0.3) is 0 Å². The molecule has 0 aliphatic carbocycles. The van der Waals surface area contributed by atoms with E-state index in [0.717, 1.165) is 0 Å². The minimum Gasteiger partial charge on any atom is -0.380 e. The summed E-state index contributed by atoms with van der Waals surface area (Å²) in [5.41, 5.74) is 2.28. The quantitative estimate of drug-likeness (QED) is 0.413. The third-order valence-corrected chi connectivity index (χ3v) is 4.24. The molecule has 0 spiro atoms. The first kappa shape index (κ1) is 14.8. The molecule has 7 nitrogen and oxygen atoms in total. The van der Waals surface area contributed by atoms with Gasteiger partial charge in [-0.25, -0.2) is 19.2 Å². The number of nitrogens with one attached hydrogen (secondary N) is 1. The van der Waals surface area contributed by atoms with Gasteiger partial charge in [0.25, 0.3) is 0 Å². The molecule has 0 aliphatic heterocycles. The summed E-state index contributed by atoms with van der Waals surface area (Å²) < 4.78 is 30.8. The fourth-order valence-corrected chi connectivity index (χ4v) is 2.59. The second kappa shape index (κ2) is 6.64. The smallest absolute Gasteiger partial charge is 0.246 e. The van der Waals surface area contributed by atoms with Crippen LogP contribution in [0.15, 0.2) is 23.2 Å². The lowest BCUT2D eigenvalue weighted by molar-refractivity contribution is 0.138. The van der Waals surface area contributed by atoms with E-state index in [4.69, 9.17) is 10.6 Å².